The molecule has 5 heteroatoms. The molecule has 19 heavy (non-hydrogen) atoms. The third-order valence-corrected chi connectivity index (χ3v) is 2.85. The lowest BCUT2D eigenvalue weighted by atomic mass is 9.98. The average molecular weight is 270 g/mol. The van der Waals surface area contributed by atoms with Gasteiger partial charge in [-0.1, -0.05) is 12.1 Å². The third-order valence-electron chi connectivity index (χ3n) is 2.85. The van der Waals surface area contributed by atoms with E-state index in [1.165, 1.54) is 13.0 Å². The van der Waals surface area contributed by atoms with Crippen LogP contribution in [0, 0.1) is 30.2 Å². The molecule has 0 heterocycles. The van der Waals surface area contributed by atoms with Crippen LogP contribution in [0.2, 0.25) is 0 Å². The molecule has 0 amide bonds. The highest BCUT2D eigenvalue weighted by molar-refractivity contribution is 5.35. The number of benzene rings is 2. The zero-order valence-corrected chi connectivity index (χ0v) is 9.92. The zero-order chi connectivity index (χ0) is 14.2. The molecule has 0 aliphatic heterocycles. The van der Waals surface area contributed by atoms with Gasteiger partial charge in [0.2, 0.25) is 0 Å². The number of aliphatic hydroxyl groups is 1. The summed E-state index contributed by atoms with van der Waals surface area (Å²) < 4.78 is 53.3. The quantitative estimate of drug-likeness (QED) is 0.826. The van der Waals surface area contributed by atoms with E-state index in [9.17, 15) is 22.7 Å². The van der Waals surface area contributed by atoms with Gasteiger partial charge in [0, 0.05) is 17.2 Å². The van der Waals surface area contributed by atoms with E-state index >= 15 is 0 Å². The average Bonchev–Trinajstić information content (AvgIpc) is 2.36. The Morgan fingerprint density at radius 1 is 0.895 bits per heavy atom. The minimum Gasteiger partial charge on any atom is -0.383 e. The van der Waals surface area contributed by atoms with Crippen molar-refractivity contribution in [3.63, 3.8) is 0 Å². The van der Waals surface area contributed by atoms with Crippen LogP contribution < -0.4 is 0 Å². The molecular weight excluding hydrogens is 260 g/mol. The van der Waals surface area contributed by atoms with E-state index in [0.717, 1.165) is 18.2 Å². The van der Waals surface area contributed by atoms with Crippen molar-refractivity contribution in [2.75, 3.05) is 0 Å². The molecule has 100 valence electrons. The minimum absolute atomic E-state index is 0.104. The van der Waals surface area contributed by atoms with Crippen molar-refractivity contribution in [3.8, 4) is 0 Å². The fourth-order valence-electron chi connectivity index (χ4n) is 1.79. The molecule has 1 atom stereocenters. The molecule has 2 aromatic rings. The molecule has 1 unspecified atom stereocenters. The van der Waals surface area contributed by atoms with Crippen molar-refractivity contribution in [1.29, 1.82) is 0 Å². The summed E-state index contributed by atoms with van der Waals surface area (Å²) in [6.45, 7) is 1.38. The Morgan fingerprint density at radius 2 is 1.58 bits per heavy atom. The molecule has 0 saturated heterocycles. The van der Waals surface area contributed by atoms with Crippen LogP contribution in [-0.4, -0.2) is 5.11 Å². The predicted octanol–water partition coefficient (Wildman–Crippen LogP) is 3.63. The lowest BCUT2D eigenvalue weighted by molar-refractivity contribution is 0.208. The second-order valence-corrected chi connectivity index (χ2v) is 4.17. The molecule has 0 spiro atoms. The number of halogens is 4. The Morgan fingerprint density at radius 3 is 2.26 bits per heavy atom. The number of hydrogen-bond acceptors (Lipinski definition) is 1. The summed E-state index contributed by atoms with van der Waals surface area (Å²) in [6.07, 6.45) is -1.70. The molecule has 1 nitrogen and oxygen atoms in total. The molecule has 1 N–H and O–H groups in total. The number of hydrogen-bond donors (Lipinski definition) is 1. The van der Waals surface area contributed by atoms with E-state index in [2.05, 4.69) is 0 Å². The lowest BCUT2D eigenvalue weighted by Gasteiger charge is -2.14. The first-order valence-corrected chi connectivity index (χ1v) is 5.49. The Kier molecular flexibility index (Phi) is 3.57. The van der Waals surface area contributed by atoms with Gasteiger partial charge in [0.25, 0.3) is 0 Å². The van der Waals surface area contributed by atoms with Gasteiger partial charge in [-0.2, -0.15) is 0 Å². The van der Waals surface area contributed by atoms with E-state index in [0.29, 0.717) is 6.07 Å². The number of aliphatic hydroxyl groups excluding tert-OH is 1. The van der Waals surface area contributed by atoms with E-state index in [1.807, 2.05) is 0 Å². The first-order chi connectivity index (χ1) is 8.91. The molecular formula is C14H10F4O. The maximum atomic E-state index is 13.6. The van der Waals surface area contributed by atoms with Gasteiger partial charge in [-0.05, 0) is 24.6 Å². The summed E-state index contributed by atoms with van der Waals surface area (Å²) in [5.74, 6) is -4.18. The van der Waals surface area contributed by atoms with E-state index < -0.39 is 34.9 Å². The van der Waals surface area contributed by atoms with Crippen LogP contribution in [-0.2, 0) is 0 Å². The van der Waals surface area contributed by atoms with E-state index in [1.54, 1.807) is 0 Å². The van der Waals surface area contributed by atoms with Crippen LogP contribution in [0.5, 0.6) is 0 Å². The molecule has 0 saturated carbocycles. The highest BCUT2D eigenvalue weighted by Crippen LogP contribution is 2.28. The molecule has 2 rings (SSSR count). The SMILES string of the molecule is Cc1cc(C(O)c2cccc(F)c2F)c(F)cc1F. The first-order valence-electron chi connectivity index (χ1n) is 5.49. The van der Waals surface area contributed by atoms with E-state index in [-0.39, 0.29) is 11.1 Å². The molecule has 0 bridgehead atoms. The van der Waals surface area contributed by atoms with Gasteiger partial charge < -0.3 is 5.11 Å². The Hall–Kier alpha value is -1.88. The summed E-state index contributed by atoms with van der Waals surface area (Å²) in [7, 11) is 0. The molecule has 2 aromatic carbocycles. The number of aryl methyl sites for hydroxylation is 1. The topological polar surface area (TPSA) is 20.2 Å². The number of rotatable bonds is 2. The summed E-state index contributed by atoms with van der Waals surface area (Å²) in [5, 5.41) is 9.92. The van der Waals surface area contributed by atoms with Crippen LogP contribution >= 0.6 is 0 Å². The van der Waals surface area contributed by atoms with Crippen LogP contribution in [0.1, 0.15) is 22.8 Å². The largest absolute Gasteiger partial charge is 0.383 e. The van der Waals surface area contributed by atoms with Crippen LogP contribution in [0.3, 0.4) is 0 Å². The van der Waals surface area contributed by atoms with Gasteiger partial charge in [0.15, 0.2) is 11.6 Å². The summed E-state index contributed by atoms with van der Waals surface area (Å²) >= 11 is 0. The Balaban J connectivity index is 2.53. The maximum absolute atomic E-state index is 13.6. The van der Waals surface area contributed by atoms with Gasteiger partial charge in [-0.3, -0.25) is 0 Å². The first kappa shape index (κ1) is 13.5. The second-order valence-electron chi connectivity index (χ2n) is 4.17. The standard InChI is InChI=1S/C14H10F4O/c1-7-5-9(12(17)6-11(7)16)14(19)8-3-2-4-10(15)13(8)18/h2-6,14,19H,1H3. The van der Waals surface area contributed by atoms with E-state index in [4.69, 9.17) is 0 Å². The highest BCUT2D eigenvalue weighted by Gasteiger charge is 2.21. The van der Waals surface area contributed by atoms with Crippen molar-refractivity contribution in [3.05, 3.63) is 70.3 Å². The highest BCUT2D eigenvalue weighted by atomic mass is 19.2. The summed E-state index contributed by atoms with van der Waals surface area (Å²) in [6, 6.07) is 4.90. The summed E-state index contributed by atoms with van der Waals surface area (Å²) in [5.41, 5.74) is -0.597. The van der Waals surface area contributed by atoms with Crippen LogP contribution in [0.15, 0.2) is 30.3 Å². The molecule has 0 aliphatic rings. The van der Waals surface area contributed by atoms with Gasteiger partial charge in [0.1, 0.15) is 17.7 Å². The van der Waals surface area contributed by atoms with Gasteiger partial charge in [-0.25, -0.2) is 17.6 Å². The van der Waals surface area contributed by atoms with Crippen molar-refractivity contribution < 1.29 is 22.7 Å². The van der Waals surface area contributed by atoms with Crippen molar-refractivity contribution in [2.45, 2.75) is 13.0 Å². The van der Waals surface area contributed by atoms with Gasteiger partial charge >= 0.3 is 0 Å². The Bertz CT molecular complexity index is 625. The second kappa shape index (κ2) is 5.01. The van der Waals surface area contributed by atoms with Crippen molar-refractivity contribution in [2.24, 2.45) is 0 Å². The normalized spacial score (nSPS) is 12.5. The van der Waals surface area contributed by atoms with Crippen molar-refractivity contribution in [1.82, 2.24) is 0 Å². The smallest absolute Gasteiger partial charge is 0.164 e. The summed E-state index contributed by atoms with van der Waals surface area (Å²) in [4.78, 5) is 0. The maximum Gasteiger partial charge on any atom is 0.164 e. The molecule has 0 radical (unpaired) electrons. The van der Waals surface area contributed by atoms with Crippen molar-refractivity contribution >= 4 is 0 Å². The monoisotopic (exact) mass is 270 g/mol. The third kappa shape index (κ3) is 2.46. The van der Waals surface area contributed by atoms with Gasteiger partial charge in [0.05, 0.1) is 0 Å². The Labute approximate surface area is 107 Å². The fraction of sp³-hybridized carbons (Fsp3) is 0.143. The molecule has 0 fully saturated rings. The van der Waals surface area contributed by atoms with Crippen LogP contribution in [0.25, 0.3) is 0 Å². The predicted molar refractivity (Wildman–Crippen MR) is 61.5 cm³/mol. The lowest BCUT2D eigenvalue weighted by Crippen LogP contribution is -2.07. The molecule has 0 aliphatic carbocycles. The van der Waals surface area contributed by atoms with Gasteiger partial charge in [-0.15, -0.1) is 0 Å². The van der Waals surface area contributed by atoms with Crippen LogP contribution in [0.4, 0.5) is 17.6 Å². The zero-order valence-electron chi connectivity index (χ0n) is 9.92. The minimum atomic E-state index is -1.70. The molecule has 0 aromatic heterocycles. The fourth-order valence-corrected chi connectivity index (χ4v) is 1.79.